The lowest BCUT2D eigenvalue weighted by Crippen LogP contribution is -2.00. The molecule has 0 saturated heterocycles. The first kappa shape index (κ1) is 19.3. The maximum atomic E-state index is 6.12. The van der Waals surface area contributed by atoms with Crippen LogP contribution in [0.5, 0.6) is 0 Å². The van der Waals surface area contributed by atoms with Gasteiger partial charge in [-0.2, -0.15) is 0 Å². The lowest BCUT2D eigenvalue weighted by molar-refractivity contribution is 0.861. The Kier molecular flexibility index (Phi) is 5.44. The van der Waals surface area contributed by atoms with Gasteiger partial charge >= 0.3 is 0 Å². The van der Waals surface area contributed by atoms with Crippen molar-refractivity contribution >= 4 is 22.5 Å². The van der Waals surface area contributed by atoms with Crippen LogP contribution in [-0.2, 0) is 6.42 Å². The number of nitrogen functional groups attached to an aromatic ring is 1. The second-order valence-electron chi connectivity index (χ2n) is 8.05. The van der Waals surface area contributed by atoms with E-state index >= 15 is 0 Å². The molecule has 0 amide bonds. The lowest BCUT2D eigenvalue weighted by atomic mass is 9.87. The monoisotopic (exact) mass is 382 g/mol. The van der Waals surface area contributed by atoms with E-state index in [-0.39, 0.29) is 0 Å². The van der Waals surface area contributed by atoms with Crippen LogP contribution in [0.2, 0.25) is 0 Å². The molecule has 0 unspecified atom stereocenters. The summed E-state index contributed by atoms with van der Waals surface area (Å²) in [6.07, 6.45) is 3.26. The standard InChI is InChI=1S/C27H30N2/c1-4-29-26-15-12-22(16-19(26)3)24-7-5-6-21-17-23(28)13-14-25(21)27(24)20-10-8-18(2)9-11-20/h8-17,29H,4-7,28H2,1-3H3. The van der Waals surface area contributed by atoms with Gasteiger partial charge in [0, 0.05) is 17.9 Å². The molecule has 2 nitrogen and oxygen atoms in total. The SMILES string of the molecule is CCNc1ccc(C2=C(c3ccc(C)cc3)c3ccc(N)cc3CCC2)cc1C. The molecule has 1 aliphatic rings. The number of anilines is 2. The fourth-order valence-corrected chi connectivity index (χ4v) is 4.39. The first-order chi connectivity index (χ1) is 14.1. The van der Waals surface area contributed by atoms with E-state index in [0.717, 1.165) is 31.5 Å². The van der Waals surface area contributed by atoms with Crippen molar-refractivity contribution in [3.05, 3.63) is 94.0 Å². The van der Waals surface area contributed by atoms with Gasteiger partial charge in [-0.15, -0.1) is 0 Å². The largest absolute Gasteiger partial charge is 0.399 e. The molecular weight excluding hydrogens is 352 g/mol. The molecule has 4 rings (SSSR count). The van der Waals surface area contributed by atoms with Crippen LogP contribution in [0.4, 0.5) is 11.4 Å². The summed E-state index contributed by atoms with van der Waals surface area (Å²) >= 11 is 0. The fraction of sp³-hybridized carbons (Fsp3) is 0.259. The van der Waals surface area contributed by atoms with Crippen LogP contribution in [0.1, 0.15) is 53.1 Å². The normalized spacial score (nSPS) is 13.8. The number of nitrogens with one attached hydrogen (secondary N) is 1. The number of allylic oxidation sites excluding steroid dienone is 1. The van der Waals surface area contributed by atoms with Crippen molar-refractivity contribution in [2.75, 3.05) is 17.6 Å². The quantitative estimate of drug-likeness (QED) is 0.498. The summed E-state index contributed by atoms with van der Waals surface area (Å²) < 4.78 is 0. The fourth-order valence-electron chi connectivity index (χ4n) is 4.39. The third kappa shape index (κ3) is 3.93. The van der Waals surface area contributed by atoms with Gasteiger partial charge in [0.25, 0.3) is 0 Å². The second kappa shape index (κ2) is 8.16. The lowest BCUT2D eigenvalue weighted by Gasteiger charge is -2.18. The zero-order chi connectivity index (χ0) is 20.4. The van der Waals surface area contributed by atoms with Crippen molar-refractivity contribution in [3.63, 3.8) is 0 Å². The van der Waals surface area contributed by atoms with E-state index in [1.165, 1.54) is 50.2 Å². The molecule has 0 radical (unpaired) electrons. The van der Waals surface area contributed by atoms with Crippen LogP contribution in [-0.4, -0.2) is 6.54 Å². The zero-order valence-corrected chi connectivity index (χ0v) is 17.7. The van der Waals surface area contributed by atoms with Gasteiger partial charge in [0.15, 0.2) is 0 Å². The topological polar surface area (TPSA) is 38.0 Å². The van der Waals surface area contributed by atoms with Gasteiger partial charge in [-0.3, -0.25) is 0 Å². The number of fused-ring (bicyclic) bond motifs is 1. The Morgan fingerprint density at radius 2 is 1.62 bits per heavy atom. The van der Waals surface area contributed by atoms with Gasteiger partial charge in [-0.25, -0.2) is 0 Å². The number of aryl methyl sites for hydroxylation is 3. The average Bonchev–Trinajstić information content (AvgIpc) is 2.89. The van der Waals surface area contributed by atoms with Crippen molar-refractivity contribution in [2.24, 2.45) is 0 Å². The summed E-state index contributed by atoms with van der Waals surface area (Å²) in [5, 5.41) is 3.46. The minimum absolute atomic E-state index is 0.848. The first-order valence-corrected chi connectivity index (χ1v) is 10.6. The number of hydrogen-bond donors (Lipinski definition) is 2. The Hall–Kier alpha value is -3.00. The highest BCUT2D eigenvalue weighted by Crippen LogP contribution is 2.41. The van der Waals surface area contributed by atoms with Crippen LogP contribution in [0.15, 0.2) is 60.7 Å². The van der Waals surface area contributed by atoms with Crippen molar-refractivity contribution in [1.29, 1.82) is 0 Å². The Balaban J connectivity index is 1.95. The minimum atomic E-state index is 0.848. The summed E-state index contributed by atoms with van der Waals surface area (Å²) in [5.41, 5.74) is 18.8. The smallest absolute Gasteiger partial charge is 0.0370 e. The van der Waals surface area contributed by atoms with Gasteiger partial charge in [0.2, 0.25) is 0 Å². The van der Waals surface area contributed by atoms with Gasteiger partial charge in [-0.1, -0.05) is 42.0 Å². The Morgan fingerprint density at radius 3 is 2.34 bits per heavy atom. The molecule has 0 bridgehead atoms. The van der Waals surface area contributed by atoms with Crippen molar-refractivity contribution < 1.29 is 0 Å². The average molecular weight is 383 g/mol. The Bertz CT molecular complexity index is 1060. The van der Waals surface area contributed by atoms with Crippen molar-refractivity contribution in [1.82, 2.24) is 0 Å². The molecule has 0 fully saturated rings. The molecule has 3 N–H and O–H groups in total. The molecule has 3 aromatic rings. The highest BCUT2D eigenvalue weighted by Gasteiger charge is 2.20. The summed E-state index contributed by atoms with van der Waals surface area (Å²) in [6.45, 7) is 7.41. The molecule has 0 aromatic heterocycles. The third-order valence-electron chi connectivity index (χ3n) is 5.86. The van der Waals surface area contributed by atoms with Gasteiger partial charge in [0.05, 0.1) is 0 Å². The zero-order valence-electron chi connectivity index (χ0n) is 17.7. The Morgan fingerprint density at radius 1 is 0.862 bits per heavy atom. The van der Waals surface area contributed by atoms with Crippen molar-refractivity contribution in [3.8, 4) is 0 Å². The van der Waals surface area contributed by atoms with E-state index in [2.05, 4.69) is 80.7 Å². The highest BCUT2D eigenvalue weighted by atomic mass is 14.9. The Labute approximate surface area is 174 Å². The van der Waals surface area contributed by atoms with Crippen molar-refractivity contribution in [2.45, 2.75) is 40.0 Å². The molecule has 0 saturated carbocycles. The third-order valence-corrected chi connectivity index (χ3v) is 5.86. The predicted molar refractivity (Wildman–Crippen MR) is 126 cm³/mol. The number of rotatable bonds is 4. The first-order valence-electron chi connectivity index (χ1n) is 10.6. The van der Waals surface area contributed by atoms with Crippen LogP contribution < -0.4 is 11.1 Å². The van der Waals surface area contributed by atoms with Crippen LogP contribution in [0.3, 0.4) is 0 Å². The number of nitrogens with two attached hydrogens (primary N) is 1. The van der Waals surface area contributed by atoms with E-state index < -0.39 is 0 Å². The van der Waals surface area contributed by atoms with E-state index in [1.54, 1.807) is 0 Å². The summed E-state index contributed by atoms with van der Waals surface area (Å²) in [5.74, 6) is 0. The molecule has 1 aliphatic carbocycles. The molecule has 0 heterocycles. The molecule has 2 heteroatoms. The van der Waals surface area contributed by atoms with E-state index in [4.69, 9.17) is 5.73 Å². The van der Waals surface area contributed by atoms with Gasteiger partial charge in [-0.05, 0) is 103 Å². The van der Waals surface area contributed by atoms with Crippen LogP contribution in [0.25, 0.3) is 11.1 Å². The predicted octanol–water partition coefficient (Wildman–Crippen LogP) is 6.61. The highest BCUT2D eigenvalue weighted by molar-refractivity contribution is 6.00. The van der Waals surface area contributed by atoms with E-state index in [0.29, 0.717) is 0 Å². The van der Waals surface area contributed by atoms with Gasteiger partial charge in [0.1, 0.15) is 0 Å². The van der Waals surface area contributed by atoms with E-state index in [9.17, 15) is 0 Å². The molecule has 29 heavy (non-hydrogen) atoms. The second-order valence-corrected chi connectivity index (χ2v) is 8.05. The van der Waals surface area contributed by atoms with Gasteiger partial charge < -0.3 is 11.1 Å². The molecular formula is C27H30N2. The summed E-state index contributed by atoms with van der Waals surface area (Å²) in [4.78, 5) is 0. The molecule has 0 atom stereocenters. The molecule has 3 aromatic carbocycles. The number of benzene rings is 3. The molecule has 0 aliphatic heterocycles. The summed E-state index contributed by atoms with van der Waals surface area (Å²) in [7, 11) is 0. The molecule has 0 spiro atoms. The molecule has 148 valence electrons. The maximum Gasteiger partial charge on any atom is 0.0370 e. The minimum Gasteiger partial charge on any atom is -0.399 e. The number of hydrogen-bond acceptors (Lipinski definition) is 2. The van der Waals surface area contributed by atoms with Crippen LogP contribution in [0, 0.1) is 13.8 Å². The maximum absolute atomic E-state index is 6.12. The summed E-state index contributed by atoms with van der Waals surface area (Å²) in [6, 6.07) is 22.2. The van der Waals surface area contributed by atoms with Crippen LogP contribution >= 0.6 is 0 Å². The van der Waals surface area contributed by atoms with E-state index in [1.807, 2.05) is 6.07 Å².